The van der Waals surface area contributed by atoms with Crippen molar-refractivity contribution >= 4 is 44.8 Å². The van der Waals surface area contributed by atoms with Crippen LogP contribution in [0.15, 0.2) is 53.4 Å². The van der Waals surface area contributed by atoms with Crippen LogP contribution in [0.5, 0.6) is 0 Å². The van der Waals surface area contributed by atoms with Crippen LogP contribution in [0, 0.1) is 0 Å². The van der Waals surface area contributed by atoms with Crippen LogP contribution in [0.25, 0.3) is 0 Å². The maximum Gasteiger partial charge on any atom is 0.242 e. The highest BCUT2D eigenvalue weighted by Gasteiger charge is 2.22. The molecule has 0 spiro atoms. The second kappa shape index (κ2) is 7.31. The van der Waals surface area contributed by atoms with Gasteiger partial charge >= 0.3 is 0 Å². The zero-order valence-electron chi connectivity index (χ0n) is 12.1. The van der Waals surface area contributed by atoms with Crippen LogP contribution in [0.4, 0.5) is 5.69 Å². The molecule has 0 saturated carbocycles. The first kappa shape index (κ1) is 17.7. The lowest BCUT2D eigenvalue weighted by atomic mass is 10.3. The van der Waals surface area contributed by atoms with Gasteiger partial charge in [-0.1, -0.05) is 29.3 Å². The van der Waals surface area contributed by atoms with Gasteiger partial charge in [0.25, 0.3) is 0 Å². The first-order chi connectivity index (χ1) is 10.8. The molecule has 0 heterocycles. The number of rotatable bonds is 5. The number of nitrogens with one attached hydrogen (secondary N) is 2. The largest absolute Gasteiger partial charge is 0.325 e. The van der Waals surface area contributed by atoms with E-state index in [0.29, 0.717) is 15.7 Å². The molecule has 0 aromatic heterocycles. The summed E-state index contributed by atoms with van der Waals surface area (Å²) in [4.78, 5) is 12.1. The average molecular weight is 373 g/mol. The van der Waals surface area contributed by atoms with E-state index in [2.05, 4.69) is 10.0 Å². The number of sulfonamides is 1. The van der Waals surface area contributed by atoms with E-state index >= 15 is 0 Å². The normalized spacial score (nSPS) is 12.7. The van der Waals surface area contributed by atoms with E-state index in [1.165, 1.54) is 25.1 Å². The first-order valence-electron chi connectivity index (χ1n) is 6.62. The van der Waals surface area contributed by atoms with Crippen LogP contribution in [0.1, 0.15) is 6.92 Å². The van der Waals surface area contributed by atoms with E-state index in [1.807, 2.05) is 0 Å². The predicted octanol–water partition coefficient (Wildman–Crippen LogP) is 3.30. The lowest BCUT2D eigenvalue weighted by Gasteiger charge is -2.14. The van der Waals surface area contributed by atoms with Gasteiger partial charge in [-0.3, -0.25) is 4.79 Å². The summed E-state index contributed by atoms with van der Waals surface area (Å²) in [6.45, 7) is 1.45. The molecule has 0 bridgehead atoms. The molecule has 0 radical (unpaired) electrons. The number of benzene rings is 2. The summed E-state index contributed by atoms with van der Waals surface area (Å²) in [5.74, 6) is -0.488. The monoisotopic (exact) mass is 372 g/mol. The molecule has 8 heteroatoms. The fourth-order valence-corrected chi connectivity index (χ4v) is 3.40. The van der Waals surface area contributed by atoms with Crippen LogP contribution < -0.4 is 10.0 Å². The van der Waals surface area contributed by atoms with Crippen LogP contribution >= 0.6 is 23.2 Å². The maximum absolute atomic E-state index is 12.2. The third kappa shape index (κ3) is 4.94. The summed E-state index contributed by atoms with van der Waals surface area (Å²) in [5, 5.41) is 3.44. The van der Waals surface area contributed by atoms with Gasteiger partial charge in [-0.25, -0.2) is 8.42 Å². The molecule has 2 aromatic rings. The van der Waals surface area contributed by atoms with E-state index in [4.69, 9.17) is 23.2 Å². The van der Waals surface area contributed by atoms with Crippen molar-refractivity contribution < 1.29 is 13.2 Å². The van der Waals surface area contributed by atoms with Gasteiger partial charge < -0.3 is 5.32 Å². The average Bonchev–Trinajstić information content (AvgIpc) is 2.49. The van der Waals surface area contributed by atoms with Gasteiger partial charge in [0, 0.05) is 15.7 Å². The highest BCUT2D eigenvalue weighted by atomic mass is 35.5. The Hall–Kier alpha value is -1.60. The summed E-state index contributed by atoms with van der Waals surface area (Å²) < 4.78 is 26.8. The van der Waals surface area contributed by atoms with Gasteiger partial charge in [-0.15, -0.1) is 0 Å². The zero-order chi connectivity index (χ0) is 17.0. The van der Waals surface area contributed by atoms with Crippen LogP contribution in [-0.2, 0) is 14.8 Å². The Morgan fingerprint density at radius 1 is 1.04 bits per heavy atom. The number of carbonyl (C=O) groups is 1. The highest BCUT2D eigenvalue weighted by Crippen LogP contribution is 2.16. The van der Waals surface area contributed by atoms with Crippen molar-refractivity contribution in [3.63, 3.8) is 0 Å². The van der Waals surface area contributed by atoms with E-state index in [0.717, 1.165) is 0 Å². The molecule has 2 rings (SSSR count). The van der Waals surface area contributed by atoms with Crippen molar-refractivity contribution in [3.8, 4) is 0 Å². The third-order valence-electron chi connectivity index (χ3n) is 2.94. The van der Waals surface area contributed by atoms with Crippen molar-refractivity contribution in [2.45, 2.75) is 17.9 Å². The van der Waals surface area contributed by atoms with E-state index in [-0.39, 0.29) is 4.90 Å². The Morgan fingerprint density at radius 2 is 1.70 bits per heavy atom. The molecule has 1 amide bonds. The van der Waals surface area contributed by atoms with Gasteiger partial charge in [-0.2, -0.15) is 4.72 Å². The predicted molar refractivity (Wildman–Crippen MR) is 91.3 cm³/mol. The van der Waals surface area contributed by atoms with Crippen LogP contribution in [-0.4, -0.2) is 20.4 Å². The molecule has 0 aliphatic rings. The van der Waals surface area contributed by atoms with Gasteiger partial charge in [0.2, 0.25) is 15.9 Å². The van der Waals surface area contributed by atoms with Crippen molar-refractivity contribution in [2.24, 2.45) is 0 Å². The molecule has 2 N–H and O–H groups in total. The molecule has 0 fully saturated rings. The zero-order valence-corrected chi connectivity index (χ0v) is 14.4. The fourth-order valence-electron chi connectivity index (χ4n) is 1.77. The van der Waals surface area contributed by atoms with Crippen molar-refractivity contribution in [1.82, 2.24) is 4.72 Å². The Labute approximate surface area is 144 Å². The summed E-state index contributed by atoms with van der Waals surface area (Å²) in [5.41, 5.74) is 0.521. The lowest BCUT2D eigenvalue weighted by molar-refractivity contribution is -0.117. The van der Waals surface area contributed by atoms with Gasteiger partial charge in [0.1, 0.15) is 0 Å². The first-order valence-corrected chi connectivity index (χ1v) is 8.86. The smallest absolute Gasteiger partial charge is 0.242 e. The number of hydrogen-bond donors (Lipinski definition) is 2. The molecule has 5 nitrogen and oxygen atoms in total. The molecule has 1 atom stereocenters. The van der Waals surface area contributed by atoms with E-state index in [9.17, 15) is 13.2 Å². The number of halogens is 2. The Bertz CT molecular complexity index is 808. The maximum atomic E-state index is 12.2. The van der Waals surface area contributed by atoms with Crippen LogP contribution in [0.2, 0.25) is 10.0 Å². The van der Waals surface area contributed by atoms with E-state index in [1.54, 1.807) is 30.3 Å². The van der Waals surface area contributed by atoms with Crippen molar-refractivity contribution in [2.75, 3.05) is 5.32 Å². The molecular weight excluding hydrogens is 359 g/mol. The minimum absolute atomic E-state index is 0.00357. The molecule has 2 aromatic carbocycles. The molecular formula is C15H14Cl2N2O3S. The van der Waals surface area contributed by atoms with Gasteiger partial charge in [0.05, 0.1) is 10.9 Å². The number of carbonyl (C=O) groups excluding carboxylic acids is 1. The van der Waals surface area contributed by atoms with Gasteiger partial charge in [-0.05, 0) is 49.4 Å². The Kier molecular flexibility index (Phi) is 5.64. The highest BCUT2D eigenvalue weighted by molar-refractivity contribution is 7.89. The molecule has 23 heavy (non-hydrogen) atoms. The number of anilines is 1. The van der Waals surface area contributed by atoms with E-state index < -0.39 is 22.0 Å². The lowest BCUT2D eigenvalue weighted by Crippen LogP contribution is -2.41. The second-order valence-corrected chi connectivity index (χ2v) is 7.38. The standard InChI is InChI=1S/C15H14Cl2N2O3S/c1-10(15(20)18-13-7-5-11(16)6-8-13)19-23(21,22)14-4-2-3-12(17)9-14/h2-10,19H,1H3,(H,18,20)/t10-/m0/s1. The Morgan fingerprint density at radius 3 is 2.30 bits per heavy atom. The third-order valence-corrected chi connectivity index (χ3v) is 4.97. The fraction of sp³-hybridized carbons (Fsp3) is 0.133. The number of amides is 1. The van der Waals surface area contributed by atoms with Crippen molar-refractivity contribution in [3.05, 3.63) is 58.6 Å². The Balaban J connectivity index is 2.06. The van der Waals surface area contributed by atoms with Crippen molar-refractivity contribution in [1.29, 1.82) is 0 Å². The summed E-state index contributed by atoms with van der Waals surface area (Å²) in [7, 11) is -3.84. The molecule has 0 unspecified atom stereocenters. The molecule has 0 saturated heterocycles. The minimum atomic E-state index is -3.84. The van der Waals surface area contributed by atoms with Gasteiger partial charge in [0.15, 0.2) is 0 Å². The summed E-state index contributed by atoms with van der Waals surface area (Å²) in [6, 6.07) is 11.3. The molecule has 0 aliphatic heterocycles. The molecule has 0 aliphatic carbocycles. The minimum Gasteiger partial charge on any atom is -0.325 e. The quantitative estimate of drug-likeness (QED) is 0.845. The summed E-state index contributed by atoms with van der Waals surface area (Å²) >= 11 is 11.6. The number of hydrogen-bond acceptors (Lipinski definition) is 3. The SMILES string of the molecule is C[C@H](NS(=O)(=O)c1cccc(Cl)c1)C(=O)Nc1ccc(Cl)cc1. The topological polar surface area (TPSA) is 75.3 Å². The van der Waals surface area contributed by atoms with Crippen LogP contribution in [0.3, 0.4) is 0 Å². The summed E-state index contributed by atoms with van der Waals surface area (Å²) in [6.07, 6.45) is 0. The molecule has 122 valence electrons. The second-order valence-electron chi connectivity index (χ2n) is 4.80.